The van der Waals surface area contributed by atoms with Gasteiger partial charge in [-0.05, 0) is 36.1 Å². The minimum atomic E-state index is 0.706. The van der Waals surface area contributed by atoms with E-state index < -0.39 is 0 Å². The maximum atomic E-state index is 5.63. The van der Waals surface area contributed by atoms with Crippen molar-refractivity contribution in [2.75, 3.05) is 6.61 Å². The van der Waals surface area contributed by atoms with Crippen LogP contribution in [0, 0.1) is 0 Å². The molecule has 2 aromatic rings. The summed E-state index contributed by atoms with van der Waals surface area (Å²) in [6.45, 7) is 1.51. The maximum absolute atomic E-state index is 5.63. The third-order valence-corrected chi connectivity index (χ3v) is 2.62. The van der Waals surface area contributed by atoms with Gasteiger partial charge in [-0.1, -0.05) is 30.3 Å². The molecule has 0 fully saturated rings. The van der Waals surface area contributed by atoms with E-state index in [0.29, 0.717) is 6.61 Å². The molecule has 1 aromatic carbocycles. The van der Waals surface area contributed by atoms with Crippen LogP contribution in [-0.2, 0) is 17.8 Å². The summed E-state index contributed by atoms with van der Waals surface area (Å²) in [5.74, 6) is 0. The summed E-state index contributed by atoms with van der Waals surface area (Å²) >= 11 is 0. The second-order valence-corrected chi connectivity index (χ2v) is 4.00. The molecule has 2 rings (SSSR count). The Balaban J connectivity index is 1.61. The molecular weight excluding hydrogens is 210 g/mol. The number of benzene rings is 1. The molecule has 0 unspecified atom stereocenters. The Morgan fingerprint density at radius 1 is 0.882 bits per heavy atom. The van der Waals surface area contributed by atoms with Crippen molar-refractivity contribution in [1.82, 2.24) is 4.98 Å². The number of hydrogen-bond acceptors (Lipinski definition) is 2. The maximum Gasteiger partial charge on any atom is 0.0716 e. The summed E-state index contributed by atoms with van der Waals surface area (Å²) in [6.07, 6.45) is 5.77. The van der Waals surface area contributed by atoms with Crippen LogP contribution in [-0.4, -0.2) is 11.6 Å². The third-order valence-electron chi connectivity index (χ3n) is 2.62. The van der Waals surface area contributed by atoms with Crippen LogP contribution in [0.3, 0.4) is 0 Å². The smallest absolute Gasteiger partial charge is 0.0716 e. The SMILES string of the molecule is c1ccc(COCCCc2ccncc2)cc1. The molecule has 2 nitrogen and oxygen atoms in total. The molecule has 0 aliphatic rings. The molecule has 88 valence electrons. The highest BCUT2D eigenvalue weighted by Crippen LogP contribution is 2.03. The van der Waals surface area contributed by atoms with E-state index in [2.05, 4.69) is 29.2 Å². The van der Waals surface area contributed by atoms with Crippen LogP contribution < -0.4 is 0 Å². The lowest BCUT2D eigenvalue weighted by Crippen LogP contribution is -1.97. The zero-order valence-electron chi connectivity index (χ0n) is 9.88. The first-order valence-electron chi connectivity index (χ1n) is 5.96. The number of ether oxygens (including phenoxy) is 1. The summed E-state index contributed by atoms with van der Waals surface area (Å²) in [5.41, 5.74) is 2.56. The minimum Gasteiger partial charge on any atom is -0.377 e. The Bertz CT molecular complexity index is 372. The van der Waals surface area contributed by atoms with Gasteiger partial charge in [-0.2, -0.15) is 0 Å². The van der Waals surface area contributed by atoms with Crippen molar-refractivity contribution in [1.29, 1.82) is 0 Å². The zero-order valence-corrected chi connectivity index (χ0v) is 9.88. The summed E-state index contributed by atoms with van der Waals surface area (Å²) in [5, 5.41) is 0. The Morgan fingerprint density at radius 3 is 2.41 bits per heavy atom. The fraction of sp³-hybridized carbons (Fsp3) is 0.267. The van der Waals surface area contributed by atoms with Gasteiger partial charge in [0.2, 0.25) is 0 Å². The molecule has 0 bridgehead atoms. The van der Waals surface area contributed by atoms with Crippen molar-refractivity contribution in [2.24, 2.45) is 0 Å². The van der Waals surface area contributed by atoms with Gasteiger partial charge in [0.05, 0.1) is 6.61 Å². The predicted molar refractivity (Wildman–Crippen MR) is 68.7 cm³/mol. The largest absolute Gasteiger partial charge is 0.377 e. The molecule has 0 saturated heterocycles. The molecule has 0 radical (unpaired) electrons. The van der Waals surface area contributed by atoms with E-state index >= 15 is 0 Å². The molecule has 0 amide bonds. The topological polar surface area (TPSA) is 22.1 Å². The van der Waals surface area contributed by atoms with Crippen molar-refractivity contribution >= 4 is 0 Å². The van der Waals surface area contributed by atoms with Crippen molar-refractivity contribution in [2.45, 2.75) is 19.4 Å². The Hall–Kier alpha value is -1.67. The first-order chi connectivity index (χ1) is 8.45. The second-order valence-electron chi connectivity index (χ2n) is 4.00. The molecule has 2 heteroatoms. The van der Waals surface area contributed by atoms with E-state index in [0.717, 1.165) is 19.4 Å². The van der Waals surface area contributed by atoms with Crippen LogP contribution >= 0.6 is 0 Å². The molecule has 17 heavy (non-hydrogen) atoms. The predicted octanol–water partition coefficient (Wildman–Crippen LogP) is 3.23. The highest BCUT2D eigenvalue weighted by atomic mass is 16.5. The number of aromatic nitrogens is 1. The van der Waals surface area contributed by atoms with Gasteiger partial charge < -0.3 is 4.74 Å². The monoisotopic (exact) mass is 227 g/mol. The molecule has 1 aromatic heterocycles. The lowest BCUT2D eigenvalue weighted by molar-refractivity contribution is 0.118. The highest BCUT2D eigenvalue weighted by molar-refractivity contribution is 5.13. The number of hydrogen-bond donors (Lipinski definition) is 0. The van der Waals surface area contributed by atoms with Crippen LogP contribution in [0.1, 0.15) is 17.5 Å². The van der Waals surface area contributed by atoms with Gasteiger partial charge in [0.1, 0.15) is 0 Å². The number of nitrogens with zero attached hydrogens (tertiary/aromatic N) is 1. The van der Waals surface area contributed by atoms with Crippen molar-refractivity contribution in [3.05, 3.63) is 66.0 Å². The quantitative estimate of drug-likeness (QED) is 0.707. The van der Waals surface area contributed by atoms with Gasteiger partial charge in [-0.25, -0.2) is 0 Å². The van der Waals surface area contributed by atoms with Crippen LogP contribution in [0.5, 0.6) is 0 Å². The van der Waals surface area contributed by atoms with Gasteiger partial charge in [0.25, 0.3) is 0 Å². The van der Waals surface area contributed by atoms with E-state index in [4.69, 9.17) is 4.74 Å². The van der Waals surface area contributed by atoms with Gasteiger partial charge in [0.15, 0.2) is 0 Å². The third kappa shape index (κ3) is 4.37. The van der Waals surface area contributed by atoms with Crippen molar-refractivity contribution < 1.29 is 4.74 Å². The first-order valence-corrected chi connectivity index (χ1v) is 5.96. The van der Waals surface area contributed by atoms with Crippen LogP contribution in [0.4, 0.5) is 0 Å². The fourth-order valence-corrected chi connectivity index (χ4v) is 1.69. The van der Waals surface area contributed by atoms with Gasteiger partial charge in [-0.15, -0.1) is 0 Å². The average Bonchev–Trinajstić information content (AvgIpc) is 2.41. The van der Waals surface area contributed by atoms with Crippen molar-refractivity contribution in [3.8, 4) is 0 Å². The fourth-order valence-electron chi connectivity index (χ4n) is 1.69. The molecule has 0 aliphatic carbocycles. The van der Waals surface area contributed by atoms with E-state index in [9.17, 15) is 0 Å². The standard InChI is InChI=1S/C15H17NO/c1-2-5-15(6-3-1)13-17-12-4-7-14-8-10-16-11-9-14/h1-3,5-6,8-11H,4,7,12-13H2. The lowest BCUT2D eigenvalue weighted by atomic mass is 10.1. The molecule has 0 spiro atoms. The molecule has 1 heterocycles. The first kappa shape index (κ1) is 11.8. The van der Waals surface area contributed by atoms with E-state index in [-0.39, 0.29) is 0 Å². The van der Waals surface area contributed by atoms with Gasteiger partial charge in [0, 0.05) is 19.0 Å². The summed E-state index contributed by atoms with van der Waals surface area (Å²) in [6, 6.07) is 14.4. The minimum absolute atomic E-state index is 0.706. The van der Waals surface area contributed by atoms with E-state index in [1.807, 2.05) is 30.6 Å². The average molecular weight is 227 g/mol. The van der Waals surface area contributed by atoms with Crippen LogP contribution in [0.2, 0.25) is 0 Å². The van der Waals surface area contributed by atoms with Gasteiger partial charge >= 0.3 is 0 Å². The van der Waals surface area contributed by atoms with Gasteiger partial charge in [-0.3, -0.25) is 4.98 Å². The highest BCUT2D eigenvalue weighted by Gasteiger charge is 1.94. The second kappa shape index (κ2) is 6.81. The molecule has 0 aliphatic heterocycles. The van der Waals surface area contributed by atoms with E-state index in [1.54, 1.807) is 0 Å². The Morgan fingerprint density at radius 2 is 1.65 bits per heavy atom. The zero-order chi connectivity index (χ0) is 11.8. The molecular formula is C15H17NO. The van der Waals surface area contributed by atoms with Crippen LogP contribution in [0.25, 0.3) is 0 Å². The Kier molecular flexibility index (Phi) is 4.73. The number of pyridine rings is 1. The Labute approximate surface area is 102 Å². The number of aryl methyl sites for hydroxylation is 1. The summed E-state index contributed by atoms with van der Waals surface area (Å²) in [7, 11) is 0. The normalized spacial score (nSPS) is 10.4. The van der Waals surface area contributed by atoms with Crippen LogP contribution in [0.15, 0.2) is 54.9 Å². The molecule has 0 saturated carbocycles. The number of rotatable bonds is 6. The molecule has 0 N–H and O–H groups in total. The van der Waals surface area contributed by atoms with Crippen molar-refractivity contribution in [3.63, 3.8) is 0 Å². The summed E-state index contributed by atoms with van der Waals surface area (Å²) < 4.78 is 5.63. The lowest BCUT2D eigenvalue weighted by Gasteiger charge is -2.04. The molecule has 0 atom stereocenters. The van der Waals surface area contributed by atoms with E-state index in [1.165, 1.54) is 11.1 Å². The summed E-state index contributed by atoms with van der Waals surface area (Å²) in [4.78, 5) is 4.00.